The minimum atomic E-state index is -0.435. The molecule has 2 N–H and O–H groups in total. The zero-order valence-electron chi connectivity index (χ0n) is 14.7. The van der Waals surface area contributed by atoms with E-state index in [-0.39, 0.29) is 0 Å². The molecule has 2 aromatic heterocycles. The average molecular weight is 355 g/mol. The Balaban J connectivity index is 1.64. The zero-order chi connectivity index (χ0) is 18.8. The third-order valence-electron chi connectivity index (χ3n) is 4.37. The molecule has 1 amide bonds. The molecule has 0 spiro atoms. The van der Waals surface area contributed by atoms with Gasteiger partial charge in [-0.15, -0.1) is 0 Å². The van der Waals surface area contributed by atoms with Gasteiger partial charge in [0.15, 0.2) is 0 Å². The van der Waals surface area contributed by atoms with Crippen LogP contribution in [0.3, 0.4) is 0 Å². The number of ether oxygens (including phenoxy) is 1. The van der Waals surface area contributed by atoms with E-state index in [9.17, 15) is 4.79 Å². The maximum Gasteiger partial charge on any atom is 0.248 e. The predicted molar refractivity (Wildman–Crippen MR) is 105 cm³/mol. The van der Waals surface area contributed by atoms with Crippen LogP contribution in [0.5, 0.6) is 11.5 Å². The van der Waals surface area contributed by atoms with Crippen molar-refractivity contribution in [3.63, 3.8) is 0 Å². The molecule has 0 aliphatic rings. The second-order valence-electron chi connectivity index (χ2n) is 6.26. The van der Waals surface area contributed by atoms with Crippen molar-refractivity contribution in [2.45, 2.75) is 6.92 Å². The Bertz CT molecular complexity index is 1160. The van der Waals surface area contributed by atoms with Crippen molar-refractivity contribution in [2.24, 2.45) is 5.73 Å². The van der Waals surface area contributed by atoms with Gasteiger partial charge in [0, 0.05) is 41.2 Å². The molecule has 5 heteroatoms. The van der Waals surface area contributed by atoms with Gasteiger partial charge in [-0.25, -0.2) is 0 Å². The molecule has 0 bridgehead atoms. The predicted octanol–water partition coefficient (Wildman–Crippen LogP) is 4.50. The third-order valence-corrected chi connectivity index (χ3v) is 4.37. The molecule has 0 radical (unpaired) electrons. The summed E-state index contributed by atoms with van der Waals surface area (Å²) < 4.78 is 6.00. The topological polar surface area (TPSA) is 78.1 Å². The number of nitrogens with two attached hydrogens (primary N) is 1. The summed E-state index contributed by atoms with van der Waals surface area (Å²) in [4.78, 5) is 20.0. The lowest BCUT2D eigenvalue weighted by molar-refractivity contribution is 0.0999. The van der Waals surface area contributed by atoms with Crippen molar-refractivity contribution in [1.82, 2.24) is 9.97 Å². The van der Waals surface area contributed by atoms with E-state index in [0.29, 0.717) is 11.3 Å². The minimum Gasteiger partial charge on any atom is -0.457 e. The number of pyridine rings is 2. The van der Waals surface area contributed by atoms with Crippen LogP contribution in [0.15, 0.2) is 73.2 Å². The van der Waals surface area contributed by atoms with E-state index < -0.39 is 5.91 Å². The number of aryl methyl sites for hydroxylation is 1. The van der Waals surface area contributed by atoms with Crippen LogP contribution in [-0.2, 0) is 0 Å². The number of amides is 1. The Morgan fingerprint density at radius 3 is 2.59 bits per heavy atom. The van der Waals surface area contributed by atoms with E-state index in [0.717, 1.165) is 33.3 Å². The molecule has 0 aliphatic carbocycles. The zero-order valence-corrected chi connectivity index (χ0v) is 14.7. The highest BCUT2D eigenvalue weighted by Gasteiger charge is 2.08. The monoisotopic (exact) mass is 355 g/mol. The van der Waals surface area contributed by atoms with Crippen LogP contribution in [0.2, 0.25) is 0 Å². The summed E-state index contributed by atoms with van der Waals surface area (Å²) in [6, 6.07) is 17.0. The summed E-state index contributed by atoms with van der Waals surface area (Å²) in [6.07, 6.45) is 5.28. The summed E-state index contributed by atoms with van der Waals surface area (Å²) >= 11 is 0. The number of aromatic nitrogens is 2. The number of fused-ring (bicyclic) bond motifs is 1. The molecule has 0 fully saturated rings. The first kappa shape index (κ1) is 16.7. The Labute approximate surface area is 156 Å². The van der Waals surface area contributed by atoms with Crippen molar-refractivity contribution in [2.75, 3.05) is 0 Å². The first-order valence-electron chi connectivity index (χ1n) is 8.49. The number of nitrogens with zero attached hydrogens (tertiary/aromatic N) is 2. The molecule has 132 valence electrons. The van der Waals surface area contributed by atoms with Crippen LogP contribution in [0.4, 0.5) is 0 Å². The van der Waals surface area contributed by atoms with Crippen molar-refractivity contribution >= 4 is 16.7 Å². The van der Waals surface area contributed by atoms with Crippen molar-refractivity contribution in [3.05, 3.63) is 84.3 Å². The van der Waals surface area contributed by atoms with Gasteiger partial charge in [-0.2, -0.15) is 0 Å². The van der Waals surface area contributed by atoms with Crippen molar-refractivity contribution in [3.8, 4) is 22.8 Å². The van der Waals surface area contributed by atoms with Gasteiger partial charge in [-0.05, 0) is 54.3 Å². The number of carbonyl (C=O) groups excluding carboxylic acids is 1. The average Bonchev–Trinajstić information content (AvgIpc) is 2.68. The summed E-state index contributed by atoms with van der Waals surface area (Å²) in [5.41, 5.74) is 8.35. The Kier molecular flexibility index (Phi) is 4.26. The number of primary amides is 1. The summed E-state index contributed by atoms with van der Waals surface area (Å²) in [6.45, 7) is 1.85. The van der Waals surface area contributed by atoms with Crippen LogP contribution in [0.25, 0.3) is 22.0 Å². The molecule has 4 rings (SSSR count). The molecular formula is C22H17N3O2. The number of hydrogen-bond acceptors (Lipinski definition) is 4. The fraction of sp³-hybridized carbons (Fsp3) is 0.0455. The molecule has 0 saturated heterocycles. The third kappa shape index (κ3) is 3.48. The summed E-state index contributed by atoms with van der Waals surface area (Å²) in [7, 11) is 0. The highest BCUT2D eigenvalue weighted by atomic mass is 16.5. The minimum absolute atomic E-state index is 0.435. The van der Waals surface area contributed by atoms with E-state index in [1.54, 1.807) is 18.5 Å². The van der Waals surface area contributed by atoms with Crippen LogP contribution in [0.1, 0.15) is 15.9 Å². The normalized spacial score (nSPS) is 10.7. The largest absolute Gasteiger partial charge is 0.457 e. The fourth-order valence-electron chi connectivity index (χ4n) is 2.99. The van der Waals surface area contributed by atoms with E-state index in [2.05, 4.69) is 9.97 Å². The molecule has 2 heterocycles. The van der Waals surface area contributed by atoms with Crippen LogP contribution >= 0.6 is 0 Å². The van der Waals surface area contributed by atoms with Crippen molar-refractivity contribution in [1.29, 1.82) is 0 Å². The van der Waals surface area contributed by atoms with Crippen LogP contribution in [-0.4, -0.2) is 15.9 Å². The highest BCUT2D eigenvalue weighted by molar-refractivity contribution is 5.94. The lowest BCUT2D eigenvalue weighted by Gasteiger charge is -2.09. The SMILES string of the molecule is Cc1cc(-c2cc(Oc3ccc4ccncc4c3)ccn2)ccc1C(N)=O. The molecule has 0 aliphatic heterocycles. The second-order valence-corrected chi connectivity index (χ2v) is 6.26. The van der Waals surface area contributed by atoms with E-state index >= 15 is 0 Å². The van der Waals surface area contributed by atoms with Gasteiger partial charge in [0.2, 0.25) is 5.91 Å². The Morgan fingerprint density at radius 2 is 1.78 bits per heavy atom. The summed E-state index contributed by atoms with van der Waals surface area (Å²) in [5.74, 6) is 0.975. The quantitative estimate of drug-likeness (QED) is 0.585. The first-order valence-corrected chi connectivity index (χ1v) is 8.49. The molecule has 5 nitrogen and oxygen atoms in total. The molecule has 2 aromatic carbocycles. The molecule has 0 saturated carbocycles. The van der Waals surface area contributed by atoms with Crippen LogP contribution in [0, 0.1) is 6.92 Å². The maximum atomic E-state index is 11.4. The first-order chi connectivity index (χ1) is 13.1. The molecule has 0 atom stereocenters. The number of rotatable bonds is 4. The van der Waals surface area contributed by atoms with Gasteiger partial charge in [0.05, 0.1) is 5.69 Å². The van der Waals surface area contributed by atoms with Crippen molar-refractivity contribution < 1.29 is 9.53 Å². The van der Waals surface area contributed by atoms with E-state index in [1.807, 2.05) is 61.7 Å². The molecule has 0 unspecified atom stereocenters. The number of benzene rings is 2. The van der Waals surface area contributed by atoms with E-state index in [4.69, 9.17) is 10.5 Å². The Morgan fingerprint density at radius 1 is 0.926 bits per heavy atom. The second kappa shape index (κ2) is 6.88. The Hall–Kier alpha value is -3.73. The van der Waals surface area contributed by atoms with Gasteiger partial charge in [0.25, 0.3) is 0 Å². The number of hydrogen-bond donors (Lipinski definition) is 1. The van der Waals surface area contributed by atoms with Gasteiger partial charge in [-0.1, -0.05) is 12.1 Å². The fourth-order valence-corrected chi connectivity index (χ4v) is 2.99. The highest BCUT2D eigenvalue weighted by Crippen LogP contribution is 2.28. The molecular weight excluding hydrogens is 338 g/mol. The molecule has 27 heavy (non-hydrogen) atoms. The van der Waals surface area contributed by atoms with E-state index in [1.165, 1.54) is 0 Å². The van der Waals surface area contributed by atoms with Gasteiger partial charge in [0.1, 0.15) is 11.5 Å². The lowest BCUT2D eigenvalue weighted by Crippen LogP contribution is -2.12. The lowest BCUT2D eigenvalue weighted by atomic mass is 10.0. The molecule has 4 aromatic rings. The standard InChI is InChI=1S/C22H17N3O2/c1-14-10-16(3-5-20(14)22(23)26)21-12-19(7-9-25-21)27-18-4-2-15-6-8-24-13-17(15)11-18/h2-13H,1H3,(H2,23,26). The van der Waals surface area contributed by atoms with Gasteiger partial charge in [-0.3, -0.25) is 14.8 Å². The smallest absolute Gasteiger partial charge is 0.248 e. The van der Waals surface area contributed by atoms with Gasteiger partial charge >= 0.3 is 0 Å². The maximum absolute atomic E-state index is 11.4. The number of carbonyl (C=O) groups is 1. The van der Waals surface area contributed by atoms with Gasteiger partial charge < -0.3 is 10.5 Å². The summed E-state index contributed by atoms with van der Waals surface area (Å²) in [5, 5.41) is 2.12. The van der Waals surface area contributed by atoms with Crippen LogP contribution < -0.4 is 10.5 Å².